The zero-order valence-electron chi connectivity index (χ0n) is 10.6. The monoisotopic (exact) mass is 230 g/mol. The van der Waals surface area contributed by atoms with E-state index in [1.165, 1.54) is 5.56 Å². The topological polar surface area (TPSA) is 34.0 Å². The summed E-state index contributed by atoms with van der Waals surface area (Å²) in [7, 11) is 1.79. The lowest BCUT2D eigenvalue weighted by Crippen LogP contribution is -2.18. The Morgan fingerprint density at radius 1 is 1.41 bits per heavy atom. The van der Waals surface area contributed by atoms with Crippen LogP contribution in [0.3, 0.4) is 0 Å². The summed E-state index contributed by atoms with van der Waals surface area (Å²) in [4.78, 5) is 12.0. The molecule has 1 heterocycles. The van der Waals surface area contributed by atoms with Gasteiger partial charge in [-0.3, -0.25) is 4.79 Å². The van der Waals surface area contributed by atoms with Crippen molar-refractivity contribution < 1.29 is 4.79 Å². The van der Waals surface area contributed by atoms with E-state index in [1.807, 2.05) is 12.3 Å². The third-order valence-electron chi connectivity index (χ3n) is 3.02. The number of Topliss-reactive ketones (excluding diaryl/α,β-unsaturated/α-hetero) is 1. The van der Waals surface area contributed by atoms with E-state index < -0.39 is 0 Å². The molecule has 0 aliphatic heterocycles. The Morgan fingerprint density at radius 2 is 2.18 bits per heavy atom. The summed E-state index contributed by atoms with van der Waals surface area (Å²) in [6.07, 6.45) is 1.96. The van der Waals surface area contributed by atoms with Crippen LogP contribution >= 0.6 is 0 Å². The van der Waals surface area contributed by atoms with E-state index in [1.54, 1.807) is 7.05 Å². The van der Waals surface area contributed by atoms with Crippen molar-refractivity contribution in [3.63, 3.8) is 0 Å². The van der Waals surface area contributed by atoms with Crippen LogP contribution in [0.2, 0.25) is 0 Å². The molecule has 0 amide bonds. The van der Waals surface area contributed by atoms with Crippen molar-refractivity contribution in [3.05, 3.63) is 35.5 Å². The Morgan fingerprint density at radius 3 is 2.82 bits per heavy atom. The number of hydrogen-bond donors (Lipinski definition) is 1. The molecule has 0 aliphatic carbocycles. The summed E-state index contributed by atoms with van der Waals surface area (Å²) < 4.78 is 2.13. The number of aromatic nitrogens is 1. The van der Waals surface area contributed by atoms with Gasteiger partial charge in [-0.25, -0.2) is 0 Å². The average molecular weight is 230 g/mol. The molecule has 3 heteroatoms. The maximum Gasteiger partial charge on any atom is 0.178 e. The molecular formula is C14H18N2O. The van der Waals surface area contributed by atoms with Crippen LogP contribution in [0.1, 0.15) is 22.8 Å². The molecule has 1 N–H and O–H groups in total. The number of nitrogens with one attached hydrogen (secondary N) is 1. The van der Waals surface area contributed by atoms with Gasteiger partial charge in [-0.1, -0.05) is 12.1 Å². The highest BCUT2D eigenvalue weighted by Gasteiger charge is 2.13. The first-order valence-corrected chi connectivity index (χ1v) is 5.94. The third-order valence-corrected chi connectivity index (χ3v) is 3.02. The van der Waals surface area contributed by atoms with Gasteiger partial charge in [-0.15, -0.1) is 0 Å². The molecule has 1 aromatic carbocycles. The third kappa shape index (κ3) is 2.11. The van der Waals surface area contributed by atoms with Gasteiger partial charge in [0.05, 0.1) is 6.54 Å². The standard InChI is InChI=1S/C14H18N2O/c1-4-16-9-12(14(17)8-15-3)11-6-5-10(2)7-13(11)16/h5-7,9,15H,4,8H2,1-3H3. The van der Waals surface area contributed by atoms with Crippen LogP contribution < -0.4 is 5.32 Å². The lowest BCUT2D eigenvalue weighted by molar-refractivity contribution is 0.0995. The molecule has 0 aliphatic rings. The van der Waals surface area contributed by atoms with Crippen LogP contribution in [-0.4, -0.2) is 23.9 Å². The molecular weight excluding hydrogens is 212 g/mol. The maximum atomic E-state index is 12.0. The fourth-order valence-corrected chi connectivity index (χ4v) is 2.14. The van der Waals surface area contributed by atoms with Gasteiger partial charge in [0.25, 0.3) is 0 Å². The number of likely N-dealkylation sites (N-methyl/N-ethyl adjacent to an activating group) is 1. The number of rotatable bonds is 4. The Hall–Kier alpha value is -1.61. The lowest BCUT2D eigenvalue weighted by atomic mass is 10.1. The lowest BCUT2D eigenvalue weighted by Gasteiger charge is -2.00. The number of carbonyl (C=O) groups is 1. The van der Waals surface area contributed by atoms with Gasteiger partial charge in [0.2, 0.25) is 0 Å². The number of aryl methyl sites for hydroxylation is 2. The number of benzene rings is 1. The van der Waals surface area contributed by atoms with Gasteiger partial charge in [0.15, 0.2) is 5.78 Å². The second-order valence-corrected chi connectivity index (χ2v) is 4.30. The molecule has 0 atom stereocenters. The van der Waals surface area contributed by atoms with Crippen LogP contribution in [0, 0.1) is 6.92 Å². The molecule has 17 heavy (non-hydrogen) atoms. The van der Waals surface area contributed by atoms with Crippen LogP contribution in [0.15, 0.2) is 24.4 Å². The Labute approximate surface area is 101 Å². The quantitative estimate of drug-likeness (QED) is 0.818. The van der Waals surface area contributed by atoms with Crippen molar-refractivity contribution in [2.24, 2.45) is 0 Å². The van der Waals surface area contributed by atoms with E-state index in [4.69, 9.17) is 0 Å². The van der Waals surface area contributed by atoms with E-state index in [0.29, 0.717) is 6.54 Å². The molecule has 2 aromatic rings. The highest BCUT2D eigenvalue weighted by Crippen LogP contribution is 2.23. The average Bonchev–Trinajstić information content (AvgIpc) is 2.67. The number of hydrogen-bond acceptors (Lipinski definition) is 2. The minimum Gasteiger partial charge on any atom is -0.347 e. The highest BCUT2D eigenvalue weighted by molar-refractivity contribution is 6.09. The number of fused-ring (bicyclic) bond motifs is 1. The van der Waals surface area contributed by atoms with Gasteiger partial charge in [0.1, 0.15) is 0 Å². The predicted octanol–water partition coefficient (Wildman–Crippen LogP) is 2.37. The fourth-order valence-electron chi connectivity index (χ4n) is 2.14. The molecule has 0 bridgehead atoms. The first-order chi connectivity index (χ1) is 8.17. The number of carbonyl (C=O) groups excluding carboxylic acids is 1. The molecule has 0 saturated carbocycles. The van der Waals surface area contributed by atoms with Gasteiger partial charge in [0, 0.05) is 29.2 Å². The van der Waals surface area contributed by atoms with E-state index >= 15 is 0 Å². The first-order valence-electron chi connectivity index (χ1n) is 5.94. The van der Waals surface area contributed by atoms with Crippen molar-refractivity contribution in [3.8, 4) is 0 Å². The van der Waals surface area contributed by atoms with Gasteiger partial charge >= 0.3 is 0 Å². The van der Waals surface area contributed by atoms with Crippen LogP contribution in [-0.2, 0) is 6.54 Å². The highest BCUT2D eigenvalue weighted by atomic mass is 16.1. The Balaban J connectivity index is 2.61. The minimum atomic E-state index is 0.147. The summed E-state index contributed by atoms with van der Waals surface area (Å²) in [5.41, 5.74) is 3.18. The smallest absolute Gasteiger partial charge is 0.178 e. The van der Waals surface area contributed by atoms with Crippen molar-refractivity contribution in [2.75, 3.05) is 13.6 Å². The van der Waals surface area contributed by atoms with E-state index in [2.05, 4.69) is 35.9 Å². The molecule has 3 nitrogen and oxygen atoms in total. The molecule has 1 aromatic heterocycles. The van der Waals surface area contributed by atoms with Gasteiger partial charge < -0.3 is 9.88 Å². The second-order valence-electron chi connectivity index (χ2n) is 4.30. The van der Waals surface area contributed by atoms with Gasteiger partial charge in [-0.05, 0) is 32.5 Å². The number of nitrogens with zero attached hydrogens (tertiary/aromatic N) is 1. The molecule has 0 radical (unpaired) electrons. The predicted molar refractivity (Wildman–Crippen MR) is 70.6 cm³/mol. The van der Waals surface area contributed by atoms with Crippen LogP contribution in [0.4, 0.5) is 0 Å². The normalized spacial score (nSPS) is 11.0. The molecule has 0 fully saturated rings. The maximum absolute atomic E-state index is 12.0. The largest absolute Gasteiger partial charge is 0.347 e. The number of ketones is 1. The van der Waals surface area contributed by atoms with Crippen molar-refractivity contribution in [1.82, 2.24) is 9.88 Å². The summed E-state index contributed by atoms with van der Waals surface area (Å²) in [6, 6.07) is 6.23. The summed E-state index contributed by atoms with van der Waals surface area (Å²) in [5.74, 6) is 0.147. The SMILES string of the molecule is CCn1cc(C(=O)CNC)c2ccc(C)cc21. The van der Waals surface area contributed by atoms with Crippen LogP contribution in [0.5, 0.6) is 0 Å². The summed E-state index contributed by atoms with van der Waals surface area (Å²) >= 11 is 0. The van der Waals surface area contributed by atoms with Crippen molar-refractivity contribution in [2.45, 2.75) is 20.4 Å². The zero-order chi connectivity index (χ0) is 12.4. The van der Waals surface area contributed by atoms with Crippen molar-refractivity contribution >= 4 is 16.7 Å². The summed E-state index contributed by atoms with van der Waals surface area (Å²) in [6.45, 7) is 5.43. The van der Waals surface area contributed by atoms with E-state index in [9.17, 15) is 4.79 Å². The van der Waals surface area contributed by atoms with Crippen molar-refractivity contribution in [1.29, 1.82) is 0 Å². The first kappa shape index (κ1) is 11.9. The zero-order valence-corrected chi connectivity index (χ0v) is 10.6. The molecule has 0 unspecified atom stereocenters. The Kier molecular flexibility index (Phi) is 3.29. The molecule has 90 valence electrons. The Bertz CT molecular complexity index is 555. The summed E-state index contributed by atoms with van der Waals surface area (Å²) in [5, 5.41) is 3.96. The molecule has 0 spiro atoms. The van der Waals surface area contributed by atoms with Gasteiger partial charge in [-0.2, -0.15) is 0 Å². The fraction of sp³-hybridized carbons (Fsp3) is 0.357. The van der Waals surface area contributed by atoms with E-state index in [0.717, 1.165) is 23.0 Å². The molecule has 0 saturated heterocycles. The van der Waals surface area contributed by atoms with Crippen LogP contribution in [0.25, 0.3) is 10.9 Å². The minimum absolute atomic E-state index is 0.147. The second kappa shape index (κ2) is 4.72. The molecule has 2 rings (SSSR count). The van der Waals surface area contributed by atoms with E-state index in [-0.39, 0.29) is 5.78 Å².